The predicted molar refractivity (Wildman–Crippen MR) is 119 cm³/mol. The van der Waals surface area contributed by atoms with Crippen molar-refractivity contribution < 1.29 is 14.7 Å². The van der Waals surface area contributed by atoms with Crippen LogP contribution in [0.15, 0.2) is 52.4 Å². The Labute approximate surface area is 175 Å². The third-order valence-corrected chi connectivity index (χ3v) is 5.89. The van der Waals surface area contributed by atoms with Gasteiger partial charge in [-0.1, -0.05) is 51.1 Å². The van der Waals surface area contributed by atoms with Crippen LogP contribution >= 0.6 is 11.8 Å². The van der Waals surface area contributed by atoms with Crippen LogP contribution in [0.2, 0.25) is 0 Å². The summed E-state index contributed by atoms with van der Waals surface area (Å²) < 4.78 is 0. The highest BCUT2D eigenvalue weighted by Crippen LogP contribution is 2.34. The SMILES string of the molecule is Cc1c(N=C2S/C(=C\c3ccc(C(C)(C)C)cc3)C(=O)N2C)cccc1C(=O)O. The van der Waals surface area contributed by atoms with Crippen LogP contribution < -0.4 is 0 Å². The Bertz CT molecular complexity index is 1030. The van der Waals surface area contributed by atoms with Gasteiger partial charge < -0.3 is 5.11 Å². The molecule has 5 nitrogen and oxygen atoms in total. The molecule has 0 bridgehead atoms. The van der Waals surface area contributed by atoms with Gasteiger partial charge in [-0.05, 0) is 59.0 Å². The molecule has 1 aliphatic rings. The maximum absolute atomic E-state index is 12.7. The zero-order chi connectivity index (χ0) is 21.3. The number of benzene rings is 2. The summed E-state index contributed by atoms with van der Waals surface area (Å²) in [5.74, 6) is -1.12. The summed E-state index contributed by atoms with van der Waals surface area (Å²) >= 11 is 1.29. The van der Waals surface area contributed by atoms with Crippen molar-refractivity contribution >= 4 is 40.6 Å². The number of carboxylic acids is 1. The van der Waals surface area contributed by atoms with Crippen molar-refractivity contribution in [2.75, 3.05) is 7.05 Å². The molecule has 2 aromatic rings. The van der Waals surface area contributed by atoms with E-state index in [4.69, 9.17) is 0 Å². The number of aromatic carboxylic acids is 1. The van der Waals surface area contributed by atoms with Gasteiger partial charge in [-0.3, -0.25) is 9.69 Å². The van der Waals surface area contributed by atoms with Gasteiger partial charge in [0.05, 0.1) is 16.2 Å². The van der Waals surface area contributed by atoms with Crippen molar-refractivity contribution in [1.82, 2.24) is 4.90 Å². The first-order valence-electron chi connectivity index (χ1n) is 9.27. The molecular weight excluding hydrogens is 384 g/mol. The molecule has 0 unspecified atom stereocenters. The lowest BCUT2D eigenvalue weighted by Crippen LogP contribution is -2.23. The summed E-state index contributed by atoms with van der Waals surface area (Å²) in [4.78, 5) is 30.6. The number of hydrogen-bond acceptors (Lipinski definition) is 4. The van der Waals surface area contributed by atoms with E-state index in [1.807, 2.05) is 18.2 Å². The average Bonchev–Trinajstić information content (AvgIpc) is 2.91. The van der Waals surface area contributed by atoms with E-state index in [0.29, 0.717) is 21.3 Å². The maximum atomic E-state index is 12.7. The third kappa shape index (κ3) is 4.43. The average molecular weight is 409 g/mol. The monoisotopic (exact) mass is 408 g/mol. The van der Waals surface area contributed by atoms with Gasteiger partial charge in [0.1, 0.15) is 0 Å². The molecule has 1 N–H and O–H groups in total. The number of rotatable bonds is 3. The summed E-state index contributed by atoms with van der Waals surface area (Å²) in [5, 5.41) is 9.82. The Morgan fingerprint density at radius 1 is 1.14 bits per heavy atom. The second-order valence-corrected chi connectivity index (χ2v) is 9.01. The van der Waals surface area contributed by atoms with E-state index in [1.54, 1.807) is 32.2 Å². The second kappa shape index (κ2) is 7.87. The van der Waals surface area contributed by atoms with Crippen LogP contribution in [0, 0.1) is 6.92 Å². The van der Waals surface area contributed by atoms with E-state index in [-0.39, 0.29) is 16.9 Å². The smallest absolute Gasteiger partial charge is 0.336 e. The number of carboxylic acid groups (broad SMARTS) is 1. The largest absolute Gasteiger partial charge is 0.478 e. The van der Waals surface area contributed by atoms with Gasteiger partial charge in [-0.2, -0.15) is 0 Å². The molecule has 1 amide bonds. The molecule has 0 aliphatic carbocycles. The van der Waals surface area contributed by atoms with Gasteiger partial charge in [-0.25, -0.2) is 9.79 Å². The minimum absolute atomic E-state index is 0.0754. The molecule has 1 aliphatic heterocycles. The van der Waals surface area contributed by atoms with Gasteiger partial charge >= 0.3 is 5.97 Å². The molecule has 1 heterocycles. The molecule has 0 spiro atoms. The highest BCUT2D eigenvalue weighted by Gasteiger charge is 2.30. The molecule has 150 valence electrons. The number of nitrogens with zero attached hydrogens (tertiary/aromatic N) is 2. The highest BCUT2D eigenvalue weighted by atomic mass is 32.2. The quantitative estimate of drug-likeness (QED) is 0.707. The summed E-state index contributed by atoms with van der Waals surface area (Å²) in [6.45, 7) is 8.21. The molecule has 1 saturated heterocycles. The Morgan fingerprint density at radius 3 is 2.38 bits per heavy atom. The molecular formula is C23H24N2O3S. The number of likely N-dealkylation sites (N-methyl/N-ethyl adjacent to an activating group) is 1. The van der Waals surface area contributed by atoms with Crippen LogP contribution in [0.25, 0.3) is 6.08 Å². The third-order valence-electron chi connectivity index (χ3n) is 4.83. The van der Waals surface area contributed by atoms with Crippen LogP contribution in [-0.2, 0) is 10.2 Å². The van der Waals surface area contributed by atoms with Crippen LogP contribution in [-0.4, -0.2) is 34.1 Å². The number of carbonyl (C=O) groups excluding carboxylic acids is 1. The molecule has 6 heteroatoms. The number of amides is 1. The Kier molecular flexibility index (Phi) is 5.66. The standard InChI is InChI=1S/C23H24N2O3S/c1-14-17(21(27)28)7-6-8-18(14)24-22-25(5)20(26)19(29-22)13-15-9-11-16(12-10-15)23(2,3)4/h6-13H,1-5H3,(H,27,28)/b19-13-,24-22?. The summed E-state index contributed by atoms with van der Waals surface area (Å²) in [6, 6.07) is 13.1. The molecule has 0 aromatic heterocycles. The van der Waals surface area contributed by atoms with E-state index in [2.05, 4.69) is 37.9 Å². The lowest BCUT2D eigenvalue weighted by Gasteiger charge is -2.18. The van der Waals surface area contributed by atoms with Gasteiger partial charge in [0.2, 0.25) is 0 Å². The lowest BCUT2D eigenvalue weighted by molar-refractivity contribution is -0.121. The van der Waals surface area contributed by atoms with Crippen molar-refractivity contribution in [1.29, 1.82) is 0 Å². The van der Waals surface area contributed by atoms with Crippen molar-refractivity contribution in [3.63, 3.8) is 0 Å². The molecule has 1 fully saturated rings. The minimum Gasteiger partial charge on any atom is -0.478 e. The van der Waals surface area contributed by atoms with Gasteiger partial charge in [0.25, 0.3) is 5.91 Å². The van der Waals surface area contributed by atoms with E-state index in [1.165, 1.54) is 22.2 Å². The fourth-order valence-corrected chi connectivity index (χ4v) is 3.94. The van der Waals surface area contributed by atoms with Crippen LogP contribution in [0.3, 0.4) is 0 Å². The van der Waals surface area contributed by atoms with Gasteiger partial charge in [0, 0.05) is 7.05 Å². The minimum atomic E-state index is -0.993. The van der Waals surface area contributed by atoms with E-state index < -0.39 is 5.97 Å². The zero-order valence-electron chi connectivity index (χ0n) is 17.2. The van der Waals surface area contributed by atoms with E-state index in [0.717, 1.165) is 5.56 Å². The Morgan fingerprint density at radius 2 is 1.79 bits per heavy atom. The van der Waals surface area contributed by atoms with Crippen molar-refractivity contribution in [3.8, 4) is 0 Å². The van der Waals surface area contributed by atoms with Crippen molar-refractivity contribution in [2.45, 2.75) is 33.1 Å². The molecule has 29 heavy (non-hydrogen) atoms. The fraction of sp³-hybridized carbons (Fsp3) is 0.261. The van der Waals surface area contributed by atoms with E-state index in [9.17, 15) is 14.7 Å². The van der Waals surface area contributed by atoms with Crippen LogP contribution in [0.5, 0.6) is 0 Å². The molecule has 3 rings (SSSR count). The number of hydrogen-bond donors (Lipinski definition) is 1. The number of amidine groups is 1. The molecule has 0 atom stereocenters. The van der Waals surface area contributed by atoms with E-state index >= 15 is 0 Å². The van der Waals surface area contributed by atoms with Crippen LogP contribution in [0.4, 0.5) is 5.69 Å². The molecule has 2 aromatic carbocycles. The number of aliphatic imine (C=N–C) groups is 1. The number of carbonyl (C=O) groups is 2. The predicted octanol–water partition coefficient (Wildman–Crippen LogP) is 5.22. The maximum Gasteiger partial charge on any atom is 0.336 e. The topological polar surface area (TPSA) is 70.0 Å². The first-order valence-corrected chi connectivity index (χ1v) is 10.1. The fourth-order valence-electron chi connectivity index (χ4n) is 2.96. The number of thioether (sulfide) groups is 1. The van der Waals surface area contributed by atoms with Crippen LogP contribution in [0.1, 0.15) is 47.8 Å². The summed E-state index contributed by atoms with van der Waals surface area (Å²) in [6.07, 6.45) is 1.86. The summed E-state index contributed by atoms with van der Waals surface area (Å²) in [5.41, 5.74) is 3.59. The Balaban J connectivity index is 1.90. The first-order chi connectivity index (χ1) is 13.6. The lowest BCUT2D eigenvalue weighted by atomic mass is 9.87. The van der Waals surface area contributed by atoms with Crippen molar-refractivity contribution in [3.05, 3.63) is 69.6 Å². The van der Waals surface area contributed by atoms with Gasteiger partial charge in [0.15, 0.2) is 5.17 Å². The van der Waals surface area contributed by atoms with Crippen molar-refractivity contribution in [2.24, 2.45) is 4.99 Å². The Hall–Kier alpha value is -2.86. The summed E-state index contributed by atoms with van der Waals surface area (Å²) in [7, 11) is 1.67. The highest BCUT2D eigenvalue weighted by molar-refractivity contribution is 8.18. The second-order valence-electron chi connectivity index (χ2n) is 8.00. The molecule has 0 radical (unpaired) electrons. The van der Waals surface area contributed by atoms with Gasteiger partial charge in [-0.15, -0.1) is 0 Å². The first kappa shape index (κ1) is 20.9. The normalized spacial score (nSPS) is 17.4. The molecule has 0 saturated carbocycles. The zero-order valence-corrected chi connectivity index (χ0v) is 18.0.